The second-order valence-electron chi connectivity index (χ2n) is 8.23. The van der Waals surface area contributed by atoms with E-state index in [1.807, 2.05) is 20.8 Å². The maximum absolute atomic E-state index is 13.4. The lowest BCUT2D eigenvalue weighted by Gasteiger charge is -2.21. The summed E-state index contributed by atoms with van der Waals surface area (Å²) in [6.07, 6.45) is 0.983. The van der Waals surface area contributed by atoms with Gasteiger partial charge in [-0.1, -0.05) is 38.5 Å². The van der Waals surface area contributed by atoms with E-state index in [0.29, 0.717) is 34.9 Å². The van der Waals surface area contributed by atoms with Crippen LogP contribution in [0.1, 0.15) is 48.9 Å². The Morgan fingerprint density at radius 1 is 1.06 bits per heavy atom. The molecule has 0 bridgehead atoms. The summed E-state index contributed by atoms with van der Waals surface area (Å²) in [6, 6.07) is 14.9. The normalized spacial score (nSPS) is 13.3. The second kappa shape index (κ2) is 10.4. The SMILES string of the molecule is CCCc1nc(C)ccc1OC(C(=O)NS(=O)(=O)c1ccc(CC)cc1)c1ccc2c(c1)OCO2. The first-order chi connectivity index (χ1) is 16.8. The Morgan fingerprint density at radius 3 is 2.51 bits per heavy atom. The molecule has 1 aliphatic heterocycles. The highest BCUT2D eigenvalue weighted by Crippen LogP contribution is 2.36. The number of amides is 1. The van der Waals surface area contributed by atoms with Crippen LogP contribution in [0.3, 0.4) is 0 Å². The molecule has 0 radical (unpaired) electrons. The smallest absolute Gasteiger partial charge is 0.279 e. The van der Waals surface area contributed by atoms with Crippen molar-refractivity contribution in [1.29, 1.82) is 0 Å². The van der Waals surface area contributed by atoms with Crippen molar-refractivity contribution in [2.45, 2.75) is 51.0 Å². The van der Waals surface area contributed by atoms with Gasteiger partial charge in [0.1, 0.15) is 5.75 Å². The molecule has 1 N–H and O–H groups in total. The summed E-state index contributed by atoms with van der Waals surface area (Å²) in [5, 5.41) is 0. The number of hydrogen-bond donors (Lipinski definition) is 1. The van der Waals surface area contributed by atoms with Crippen LogP contribution in [0.25, 0.3) is 0 Å². The predicted octanol–water partition coefficient (Wildman–Crippen LogP) is 4.26. The van der Waals surface area contributed by atoms with E-state index in [9.17, 15) is 13.2 Å². The minimum Gasteiger partial charge on any atom is -0.474 e. The molecule has 35 heavy (non-hydrogen) atoms. The standard InChI is InChI=1S/C26H28N2O6S/c1-4-6-21-22(13-7-17(3)27-21)34-25(19-10-14-23-24(15-19)33-16-32-23)26(29)28-35(30,31)20-11-8-18(5-2)9-12-20/h7-15,25H,4-6,16H2,1-3H3,(H,28,29). The highest BCUT2D eigenvalue weighted by Gasteiger charge is 2.30. The van der Waals surface area contributed by atoms with Crippen LogP contribution in [0.15, 0.2) is 59.5 Å². The first-order valence-electron chi connectivity index (χ1n) is 11.5. The van der Waals surface area contributed by atoms with Crippen LogP contribution in [0.2, 0.25) is 0 Å². The summed E-state index contributed by atoms with van der Waals surface area (Å²) < 4.78 is 45.1. The maximum Gasteiger partial charge on any atom is 0.279 e. The molecule has 0 fully saturated rings. The molecule has 1 atom stereocenters. The molecule has 0 saturated heterocycles. The molecule has 9 heteroatoms. The summed E-state index contributed by atoms with van der Waals surface area (Å²) in [7, 11) is -4.12. The van der Waals surface area contributed by atoms with Crippen molar-refractivity contribution < 1.29 is 27.4 Å². The fourth-order valence-electron chi connectivity index (χ4n) is 3.75. The Hall–Kier alpha value is -3.59. The van der Waals surface area contributed by atoms with Gasteiger partial charge in [-0.15, -0.1) is 0 Å². The number of carbonyl (C=O) groups is 1. The largest absolute Gasteiger partial charge is 0.474 e. The summed E-state index contributed by atoms with van der Waals surface area (Å²) in [6.45, 7) is 5.94. The predicted molar refractivity (Wildman–Crippen MR) is 130 cm³/mol. The van der Waals surface area contributed by atoms with Gasteiger partial charge in [0.05, 0.1) is 10.6 Å². The zero-order valence-corrected chi connectivity index (χ0v) is 20.7. The van der Waals surface area contributed by atoms with Crippen LogP contribution >= 0.6 is 0 Å². The number of aromatic nitrogens is 1. The summed E-state index contributed by atoms with van der Waals surface area (Å²) in [5.41, 5.74) is 2.94. The van der Waals surface area contributed by atoms with Gasteiger partial charge in [0.2, 0.25) is 12.9 Å². The third-order valence-corrected chi connectivity index (χ3v) is 6.98. The van der Waals surface area contributed by atoms with E-state index in [4.69, 9.17) is 14.2 Å². The fourth-order valence-corrected chi connectivity index (χ4v) is 4.73. The van der Waals surface area contributed by atoms with Gasteiger partial charge in [-0.25, -0.2) is 13.1 Å². The number of rotatable bonds is 9. The lowest BCUT2D eigenvalue weighted by Crippen LogP contribution is -2.37. The number of benzene rings is 2. The number of fused-ring (bicyclic) bond motifs is 1. The molecule has 0 saturated carbocycles. The number of pyridine rings is 1. The number of hydrogen-bond acceptors (Lipinski definition) is 7. The number of carbonyl (C=O) groups excluding carboxylic acids is 1. The van der Waals surface area contributed by atoms with Gasteiger partial charge < -0.3 is 14.2 Å². The first kappa shape index (κ1) is 24.5. The number of sulfonamides is 1. The molecular formula is C26H28N2O6S. The highest BCUT2D eigenvalue weighted by atomic mass is 32.2. The van der Waals surface area contributed by atoms with Crippen LogP contribution in [0.4, 0.5) is 0 Å². The van der Waals surface area contributed by atoms with E-state index in [-0.39, 0.29) is 11.7 Å². The average molecular weight is 497 g/mol. The molecule has 1 aliphatic rings. The lowest BCUT2D eigenvalue weighted by molar-refractivity contribution is -0.126. The molecule has 1 amide bonds. The van der Waals surface area contributed by atoms with Crippen LogP contribution in [-0.2, 0) is 27.7 Å². The van der Waals surface area contributed by atoms with Crippen LogP contribution in [0.5, 0.6) is 17.2 Å². The van der Waals surface area contributed by atoms with Crippen molar-refractivity contribution in [2.24, 2.45) is 0 Å². The molecule has 8 nitrogen and oxygen atoms in total. The lowest BCUT2D eigenvalue weighted by atomic mass is 10.1. The van der Waals surface area contributed by atoms with Gasteiger partial charge in [0.15, 0.2) is 11.5 Å². The monoisotopic (exact) mass is 496 g/mol. The molecule has 1 aromatic heterocycles. The van der Waals surface area contributed by atoms with Gasteiger partial charge in [0.25, 0.3) is 15.9 Å². The van der Waals surface area contributed by atoms with Crippen molar-refractivity contribution in [3.63, 3.8) is 0 Å². The van der Waals surface area contributed by atoms with Crippen molar-refractivity contribution in [2.75, 3.05) is 6.79 Å². The number of nitrogens with zero attached hydrogens (tertiary/aromatic N) is 1. The Balaban J connectivity index is 1.68. The van der Waals surface area contributed by atoms with Crippen molar-refractivity contribution >= 4 is 15.9 Å². The molecule has 0 aliphatic carbocycles. The van der Waals surface area contributed by atoms with E-state index in [2.05, 4.69) is 9.71 Å². The van der Waals surface area contributed by atoms with E-state index in [0.717, 1.165) is 24.1 Å². The number of nitrogens with one attached hydrogen (secondary N) is 1. The van der Waals surface area contributed by atoms with Gasteiger partial charge in [-0.05, 0) is 61.7 Å². The van der Waals surface area contributed by atoms with E-state index in [1.165, 1.54) is 12.1 Å². The second-order valence-corrected chi connectivity index (χ2v) is 9.91. The minimum absolute atomic E-state index is 0.00355. The molecule has 0 spiro atoms. The third-order valence-electron chi connectivity index (χ3n) is 5.62. The van der Waals surface area contributed by atoms with Crippen molar-refractivity contribution in [3.05, 3.63) is 77.1 Å². The highest BCUT2D eigenvalue weighted by molar-refractivity contribution is 7.90. The first-order valence-corrected chi connectivity index (χ1v) is 13.0. The quantitative estimate of drug-likeness (QED) is 0.472. The number of ether oxygens (including phenoxy) is 3. The van der Waals surface area contributed by atoms with Crippen LogP contribution in [-0.4, -0.2) is 26.1 Å². The number of aryl methyl sites for hydroxylation is 3. The maximum atomic E-state index is 13.4. The van der Waals surface area contributed by atoms with Crippen molar-refractivity contribution in [1.82, 2.24) is 9.71 Å². The average Bonchev–Trinajstić information content (AvgIpc) is 3.31. The van der Waals surface area contributed by atoms with Crippen LogP contribution in [0, 0.1) is 6.92 Å². The molecular weight excluding hydrogens is 468 g/mol. The Bertz CT molecular complexity index is 1320. The van der Waals surface area contributed by atoms with Gasteiger partial charge in [0, 0.05) is 11.3 Å². The van der Waals surface area contributed by atoms with Gasteiger partial charge >= 0.3 is 0 Å². The van der Waals surface area contributed by atoms with E-state index < -0.39 is 22.0 Å². The molecule has 184 valence electrons. The fraction of sp³-hybridized carbons (Fsp3) is 0.308. The summed E-state index contributed by atoms with van der Waals surface area (Å²) in [5.74, 6) is 0.587. The topological polar surface area (TPSA) is 104 Å². The van der Waals surface area contributed by atoms with E-state index in [1.54, 1.807) is 42.5 Å². The summed E-state index contributed by atoms with van der Waals surface area (Å²) >= 11 is 0. The Morgan fingerprint density at radius 2 is 1.80 bits per heavy atom. The minimum atomic E-state index is -4.12. The Kier molecular flexibility index (Phi) is 7.25. The van der Waals surface area contributed by atoms with Crippen molar-refractivity contribution in [3.8, 4) is 17.2 Å². The third kappa shape index (κ3) is 5.57. The zero-order valence-electron chi connectivity index (χ0n) is 19.9. The van der Waals surface area contributed by atoms with E-state index >= 15 is 0 Å². The molecule has 2 aromatic carbocycles. The van der Waals surface area contributed by atoms with Gasteiger partial charge in [-0.3, -0.25) is 9.78 Å². The Labute approximate surface area is 205 Å². The van der Waals surface area contributed by atoms with Crippen LogP contribution < -0.4 is 18.9 Å². The molecule has 1 unspecified atom stereocenters. The molecule has 2 heterocycles. The molecule has 3 aromatic rings. The molecule has 4 rings (SSSR count). The zero-order chi connectivity index (χ0) is 25.0. The summed E-state index contributed by atoms with van der Waals surface area (Å²) in [4.78, 5) is 17.9. The van der Waals surface area contributed by atoms with Gasteiger partial charge in [-0.2, -0.15) is 0 Å².